The van der Waals surface area contributed by atoms with Crippen LogP contribution < -0.4 is 5.32 Å². The van der Waals surface area contributed by atoms with Crippen molar-refractivity contribution in [2.75, 3.05) is 13.6 Å². The van der Waals surface area contributed by atoms with Gasteiger partial charge in [0, 0.05) is 25.4 Å². The fourth-order valence-electron chi connectivity index (χ4n) is 4.16. The fourth-order valence-corrected chi connectivity index (χ4v) is 4.16. The Morgan fingerprint density at radius 3 is 2.39 bits per heavy atom. The molecule has 0 saturated carbocycles. The van der Waals surface area contributed by atoms with E-state index in [-0.39, 0.29) is 18.4 Å². The Morgan fingerprint density at radius 1 is 1.06 bits per heavy atom. The number of likely N-dealkylation sites (N-methyl/N-ethyl adjacent to an activating group) is 1. The smallest absolute Gasteiger partial charge is 0.325 e. The van der Waals surface area contributed by atoms with Crippen LogP contribution in [0.25, 0.3) is 5.69 Å². The zero-order valence-corrected chi connectivity index (χ0v) is 18.8. The summed E-state index contributed by atoms with van der Waals surface area (Å²) >= 11 is 0. The monoisotopic (exact) mass is 445 g/mol. The number of hydrogen-bond donors (Lipinski definition) is 1. The number of hydrogen-bond acceptors (Lipinski definition) is 4. The maximum absolute atomic E-state index is 13.4. The number of aromatic nitrogens is 2. The van der Waals surface area contributed by atoms with Gasteiger partial charge >= 0.3 is 6.03 Å². The predicted molar refractivity (Wildman–Crippen MR) is 123 cm³/mol. The lowest BCUT2D eigenvalue weighted by Crippen LogP contribution is -2.45. The van der Waals surface area contributed by atoms with Crippen molar-refractivity contribution in [2.24, 2.45) is 0 Å². The number of carbonyl (C=O) groups is 3. The van der Waals surface area contributed by atoms with Crippen molar-refractivity contribution < 1.29 is 14.4 Å². The third-order valence-corrected chi connectivity index (χ3v) is 5.86. The van der Waals surface area contributed by atoms with Crippen LogP contribution in [0.4, 0.5) is 4.79 Å². The molecule has 4 amide bonds. The van der Waals surface area contributed by atoms with Gasteiger partial charge in [-0.2, -0.15) is 5.10 Å². The third-order valence-electron chi connectivity index (χ3n) is 5.86. The summed E-state index contributed by atoms with van der Waals surface area (Å²) < 4.78 is 1.74. The lowest BCUT2D eigenvalue weighted by Gasteiger charge is -2.27. The van der Waals surface area contributed by atoms with E-state index in [4.69, 9.17) is 0 Å². The van der Waals surface area contributed by atoms with Gasteiger partial charge in [0.25, 0.3) is 5.91 Å². The van der Waals surface area contributed by atoms with Crippen LogP contribution in [0.1, 0.15) is 30.9 Å². The van der Waals surface area contributed by atoms with Crippen molar-refractivity contribution in [1.29, 1.82) is 0 Å². The highest BCUT2D eigenvalue weighted by molar-refractivity contribution is 6.09. The van der Waals surface area contributed by atoms with E-state index in [0.29, 0.717) is 19.4 Å². The topological polar surface area (TPSA) is 87.5 Å². The number of para-hydroxylation sites is 1. The molecule has 33 heavy (non-hydrogen) atoms. The quantitative estimate of drug-likeness (QED) is 0.540. The van der Waals surface area contributed by atoms with Gasteiger partial charge in [0.1, 0.15) is 12.1 Å². The molecule has 1 fully saturated rings. The maximum Gasteiger partial charge on any atom is 0.325 e. The van der Waals surface area contributed by atoms with E-state index in [1.54, 1.807) is 17.9 Å². The minimum Gasteiger partial charge on any atom is -0.340 e. The highest BCUT2D eigenvalue weighted by Gasteiger charge is 2.52. The number of amides is 4. The Hall–Kier alpha value is -3.94. The van der Waals surface area contributed by atoms with Gasteiger partial charge in [0.2, 0.25) is 5.91 Å². The Labute approximate surface area is 192 Å². The van der Waals surface area contributed by atoms with Gasteiger partial charge in [-0.1, -0.05) is 61.9 Å². The predicted octanol–water partition coefficient (Wildman–Crippen LogP) is 3.08. The van der Waals surface area contributed by atoms with Gasteiger partial charge in [0.05, 0.1) is 11.9 Å². The van der Waals surface area contributed by atoms with Crippen LogP contribution in [0.15, 0.2) is 73.1 Å². The van der Waals surface area contributed by atoms with E-state index in [1.807, 2.05) is 73.8 Å². The molecule has 1 aromatic heterocycles. The van der Waals surface area contributed by atoms with Crippen molar-refractivity contribution in [3.63, 3.8) is 0 Å². The Balaban J connectivity index is 1.45. The molecule has 0 aliphatic carbocycles. The standard InChI is InChI=1S/C25H27N5O3/c1-3-14-25(20-10-6-4-7-11-20)23(32)29(24(33)27-25)18-22(31)28(2)16-19-15-26-30(17-19)21-12-8-5-9-13-21/h4-13,15,17H,3,14,16,18H2,1-2H3,(H,27,33). The highest BCUT2D eigenvalue weighted by Crippen LogP contribution is 2.33. The summed E-state index contributed by atoms with van der Waals surface area (Å²) in [5, 5.41) is 7.20. The highest BCUT2D eigenvalue weighted by atomic mass is 16.2. The van der Waals surface area contributed by atoms with Gasteiger partial charge in [-0.05, 0) is 24.1 Å². The number of imide groups is 1. The van der Waals surface area contributed by atoms with E-state index in [1.165, 1.54) is 4.90 Å². The first-order valence-corrected chi connectivity index (χ1v) is 11.0. The first kappa shape index (κ1) is 22.3. The van der Waals surface area contributed by atoms with Crippen molar-refractivity contribution in [2.45, 2.75) is 31.8 Å². The summed E-state index contributed by atoms with van der Waals surface area (Å²) in [6.07, 6.45) is 4.72. The van der Waals surface area contributed by atoms with Crippen LogP contribution >= 0.6 is 0 Å². The molecule has 1 N–H and O–H groups in total. The molecule has 1 saturated heterocycles. The summed E-state index contributed by atoms with van der Waals surface area (Å²) in [6, 6.07) is 18.3. The molecule has 0 spiro atoms. The second kappa shape index (κ2) is 9.28. The van der Waals surface area contributed by atoms with Crippen LogP contribution in [0.2, 0.25) is 0 Å². The minimum atomic E-state index is -1.14. The summed E-state index contributed by atoms with van der Waals surface area (Å²) in [5.41, 5.74) is 1.35. The van der Waals surface area contributed by atoms with Crippen molar-refractivity contribution >= 4 is 17.8 Å². The van der Waals surface area contributed by atoms with Gasteiger partial charge in [-0.3, -0.25) is 14.5 Å². The molecule has 4 rings (SSSR count). The second-order valence-corrected chi connectivity index (χ2v) is 8.22. The number of rotatable bonds is 8. The minimum absolute atomic E-state index is 0.313. The molecular formula is C25H27N5O3. The van der Waals surface area contributed by atoms with E-state index >= 15 is 0 Å². The zero-order valence-electron chi connectivity index (χ0n) is 18.8. The fraction of sp³-hybridized carbons (Fsp3) is 0.280. The largest absolute Gasteiger partial charge is 0.340 e. The average molecular weight is 446 g/mol. The van der Waals surface area contributed by atoms with Gasteiger partial charge < -0.3 is 10.2 Å². The SMILES string of the molecule is CCCC1(c2ccccc2)NC(=O)N(CC(=O)N(C)Cc2cnn(-c3ccccc3)c2)C1=O. The number of nitrogens with one attached hydrogen (secondary N) is 1. The van der Waals surface area contributed by atoms with E-state index < -0.39 is 11.6 Å². The molecule has 1 aliphatic heterocycles. The van der Waals surface area contributed by atoms with Crippen LogP contribution in [0.5, 0.6) is 0 Å². The first-order chi connectivity index (χ1) is 15.9. The van der Waals surface area contributed by atoms with Gasteiger partial charge in [0.15, 0.2) is 0 Å². The summed E-state index contributed by atoms with van der Waals surface area (Å²) in [6.45, 7) is 1.96. The molecule has 3 aromatic rings. The zero-order chi connectivity index (χ0) is 23.4. The van der Waals surface area contributed by atoms with E-state index in [0.717, 1.165) is 21.7 Å². The Morgan fingerprint density at radius 2 is 1.73 bits per heavy atom. The molecule has 2 aromatic carbocycles. The molecule has 0 bridgehead atoms. The average Bonchev–Trinajstić information content (AvgIpc) is 3.39. The van der Waals surface area contributed by atoms with Crippen molar-refractivity contribution in [1.82, 2.24) is 24.9 Å². The molecule has 0 radical (unpaired) electrons. The molecule has 8 heteroatoms. The van der Waals surface area contributed by atoms with E-state index in [2.05, 4.69) is 10.4 Å². The lowest BCUT2D eigenvalue weighted by molar-refractivity contribution is -0.139. The summed E-state index contributed by atoms with van der Waals surface area (Å²) in [5.74, 6) is -0.717. The number of benzene rings is 2. The molecule has 1 aliphatic rings. The molecule has 170 valence electrons. The van der Waals surface area contributed by atoms with Crippen molar-refractivity contribution in [3.8, 4) is 5.69 Å². The molecule has 2 heterocycles. The van der Waals surface area contributed by atoms with Crippen molar-refractivity contribution in [3.05, 3.63) is 84.2 Å². The maximum atomic E-state index is 13.4. The van der Waals surface area contributed by atoms with E-state index in [9.17, 15) is 14.4 Å². The van der Waals surface area contributed by atoms with Gasteiger partial charge in [-0.15, -0.1) is 0 Å². The van der Waals surface area contributed by atoms with Crippen LogP contribution in [0, 0.1) is 0 Å². The molecule has 8 nitrogen and oxygen atoms in total. The Bertz CT molecular complexity index is 1150. The first-order valence-electron chi connectivity index (χ1n) is 11.0. The normalized spacial score (nSPS) is 17.8. The third kappa shape index (κ3) is 4.37. The van der Waals surface area contributed by atoms with Crippen LogP contribution in [0.3, 0.4) is 0 Å². The molecular weight excluding hydrogens is 418 g/mol. The van der Waals surface area contributed by atoms with Gasteiger partial charge in [-0.25, -0.2) is 9.48 Å². The summed E-state index contributed by atoms with van der Waals surface area (Å²) in [7, 11) is 1.65. The number of nitrogens with zero attached hydrogens (tertiary/aromatic N) is 4. The molecule has 1 atom stereocenters. The lowest BCUT2D eigenvalue weighted by atomic mass is 9.85. The molecule has 1 unspecified atom stereocenters. The Kier molecular flexibility index (Phi) is 6.26. The number of urea groups is 1. The second-order valence-electron chi connectivity index (χ2n) is 8.22. The number of carbonyl (C=O) groups excluding carboxylic acids is 3. The summed E-state index contributed by atoms with van der Waals surface area (Å²) in [4.78, 5) is 41.5. The van der Waals surface area contributed by atoms with Crippen LogP contribution in [-0.2, 0) is 21.7 Å². The van der Waals surface area contributed by atoms with Crippen LogP contribution in [-0.4, -0.2) is 51.0 Å².